The highest BCUT2D eigenvalue weighted by Crippen LogP contribution is 2.52. The normalized spacial score (nSPS) is 28.3. The van der Waals surface area contributed by atoms with Gasteiger partial charge in [-0.1, -0.05) is 44.2 Å². The van der Waals surface area contributed by atoms with Gasteiger partial charge in [-0.25, -0.2) is 0 Å². The topological polar surface area (TPSA) is 15.7 Å². The zero-order valence-electron chi connectivity index (χ0n) is 16.2. The lowest BCUT2D eigenvalue weighted by atomic mass is 9.71. The SMILES string of the molecule is CCOc1ccc(N2C[C@]3(C)CN(Cc4ccccc4)C[C@]3(C)C2)cc1. The average Bonchev–Trinajstić information content (AvgIpc) is 3.00. The molecule has 4 rings (SSSR count). The van der Waals surface area contributed by atoms with Gasteiger partial charge in [-0.2, -0.15) is 0 Å². The minimum atomic E-state index is 0.334. The Morgan fingerprint density at radius 3 is 2.04 bits per heavy atom. The number of hydrogen-bond acceptors (Lipinski definition) is 3. The minimum Gasteiger partial charge on any atom is -0.494 e. The van der Waals surface area contributed by atoms with Crippen LogP contribution in [0.3, 0.4) is 0 Å². The first kappa shape index (κ1) is 17.4. The van der Waals surface area contributed by atoms with Gasteiger partial charge in [0, 0.05) is 49.2 Å². The van der Waals surface area contributed by atoms with Gasteiger partial charge >= 0.3 is 0 Å². The Morgan fingerprint density at radius 2 is 1.46 bits per heavy atom. The summed E-state index contributed by atoms with van der Waals surface area (Å²) in [5, 5.41) is 0. The van der Waals surface area contributed by atoms with E-state index in [-0.39, 0.29) is 0 Å². The maximum Gasteiger partial charge on any atom is 0.119 e. The van der Waals surface area contributed by atoms with Crippen LogP contribution >= 0.6 is 0 Å². The summed E-state index contributed by atoms with van der Waals surface area (Å²) in [7, 11) is 0. The maximum atomic E-state index is 5.58. The first-order chi connectivity index (χ1) is 12.5. The number of likely N-dealkylation sites (tertiary alicyclic amines) is 1. The van der Waals surface area contributed by atoms with E-state index >= 15 is 0 Å². The van der Waals surface area contributed by atoms with Crippen LogP contribution < -0.4 is 9.64 Å². The lowest BCUT2D eigenvalue weighted by Crippen LogP contribution is -2.34. The van der Waals surface area contributed by atoms with E-state index in [9.17, 15) is 0 Å². The molecule has 0 unspecified atom stereocenters. The molecule has 3 nitrogen and oxygen atoms in total. The smallest absolute Gasteiger partial charge is 0.119 e. The number of nitrogens with zero attached hydrogens (tertiary/aromatic N) is 2. The Labute approximate surface area is 157 Å². The van der Waals surface area contributed by atoms with Gasteiger partial charge in [-0.3, -0.25) is 4.90 Å². The predicted molar refractivity (Wildman–Crippen MR) is 108 cm³/mol. The van der Waals surface area contributed by atoms with Crippen LogP contribution in [0.15, 0.2) is 54.6 Å². The maximum absolute atomic E-state index is 5.58. The molecule has 2 aromatic carbocycles. The Kier molecular flexibility index (Phi) is 4.44. The van der Waals surface area contributed by atoms with E-state index in [2.05, 4.69) is 78.2 Å². The number of rotatable bonds is 5. The number of anilines is 1. The molecule has 2 saturated heterocycles. The second-order valence-corrected chi connectivity index (χ2v) is 8.54. The van der Waals surface area contributed by atoms with Gasteiger partial charge in [0.25, 0.3) is 0 Å². The van der Waals surface area contributed by atoms with Crippen molar-refractivity contribution in [1.82, 2.24) is 4.90 Å². The molecule has 2 aliphatic heterocycles. The molecule has 0 aliphatic carbocycles. The molecule has 26 heavy (non-hydrogen) atoms. The van der Waals surface area contributed by atoms with Crippen molar-refractivity contribution in [1.29, 1.82) is 0 Å². The molecule has 2 aromatic rings. The number of benzene rings is 2. The van der Waals surface area contributed by atoms with Crippen molar-refractivity contribution in [3.05, 3.63) is 60.2 Å². The van der Waals surface area contributed by atoms with Gasteiger partial charge < -0.3 is 9.64 Å². The first-order valence-electron chi connectivity index (χ1n) is 9.75. The van der Waals surface area contributed by atoms with Crippen LogP contribution in [0.25, 0.3) is 0 Å². The van der Waals surface area contributed by atoms with Crippen LogP contribution in [0.2, 0.25) is 0 Å². The average molecular weight is 351 g/mol. The lowest BCUT2D eigenvalue weighted by Gasteiger charge is -2.30. The molecule has 0 spiro atoms. The molecule has 0 saturated carbocycles. The van der Waals surface area contributed by atoms with Crippen molar-refractivity contribution in [3.8, 4) is 5.75 Å². The lowest BCUT2D eigenvalue weighted by molar-refractivity contribution is 0.212. The number of fused-ring (bicyclic) bond motifs is 1. The minimum absolute atomic E-state index is 0.334. The Bertz CT molecular complexity index is 725. The molecule has 0 bridgehead atoms. The molecular weight excluding hydrogens is 320 g/mol. The standard InChI is InChI=1S/C23H30N2O/c1-4-26-21-12-10-20(11-13-21)25-17-22(2)15-24(16-23(22,3)18-25)14-19-8-6-5-7-9-19/h5-13H,4,14-18H2,1-3H3/t22-,23+. The Balaban J connectivity index is 1.45. The van der Waals surface area contributed by atoms with Crippen molar-refractivity contribution >= 4 is 5.69 Å². The van der Waals surface area contributed by atoms with Crippen LogP contribution in [0.1, 0.15) is 26.3 Å². The second kappa shape index (κ2) is 6.62. The van der Waals surface area contributed by atoms with E-state index in [1.807, 2.05) is 6.92 Å². The predicted octanol–water partition coefficient (Wildman–Crippen LogP) is 4.43. The number of hydrogen-bond donors (Lipinski definition) is 0. The summed E-state index contributed by atoms with van der Waals surface area (Å²) < 4.78 is 5.58. The molecule has 2 heterocycles. The molecule has 2 aliphatic rings. The molecule has 3 heteroatoms. The van der Waals surface area contributed by atoms with Gasteiger partial charge in [0.2, 0.25) is 0 Å². The third-order valence-corrected chi connectivity index (χ3v) is 6.44. The summed E-state index contributed by atoms with van der Waals surface area (Å²) in [4.78, 5) is 5.21. The van der Waals surface area contributed by atoms with E-state index in [0.29, 0.717) is 10.8 Å². The van der Waals surface area contributed by atoms with Crippen LogP contribution in [0.4, 0.5) is 5.69 Å². The third-order valence-electron chi connectivity index (χ3n) is 6.44. The van der Waals surface area contributed by atoms with Crippen LogP contribution in [-0.2, 0) is 6.54 Å². The largest absolute Gasteiger partial charge is 0.494 e. The van der Waals surface area contributed by atoms with Gasteiger partial charge in [0.15, 0.2) is 0 Å². The zero-order valence-corrected chi connectivity index (χ0v) is 16.2. The molecule has 138 valence electrons. The van der Waals surface area contributed by atoms with Crippen molar-refractivity contribution in [3.63, 3.8) is 0 Å². The zero-order chi connectivity index (χ0) is 18.2. The van der Waals surface area contributed by atoms with Crippen molar-refractivity contribution in [2.75, 3.05) is 37.7 Å². The summed E-state index contributed by atoms with van der Waals surface area (Å²) in [6.07, 6.45) is 0. The summed E-state index contributed by atoms with van der Waals surface area (Å²) >= 11 is 0. The van der Waals surface area contributed by atoms with Crippen LogP contribution in [-0.4, -0.2) is 37.7 Å². The van der Waals surface area contributed by atoms with Gasteiger partial charge in [-0.05, 0) is 36.8 Å². The third kappa shape index (κ3) is 3.09. The van der Waals surface area contributed by atoms with Crippen molar-refractivity contribution in [2.24, 2.45) is 10.8 Å². The van der Waals surface area contributed by atoms with E-state index < -0.39 is 0 Å². The molecule has 2 fully saturated rings. The first-order valence-corrected chi connectivity index (χ1v) is 9.75. The highest BCUT2D eigenvalue weighted by molar-refractivity contribution is 5.51. The highest BCUT2D eigenvalue weighted by atomic mass is 16.5. The second-order valence-electron chi connectivity index (χ2n) is 8.54. The van der Waals surface area contributed by atoms with E-state index in [0.717, 1.165) is 32.0 Å². The fraction of sp³-hybridized carbons (Fsp3) is 0.478. The summed E-state index contributed by atoms with van der Waals surface area (Å²) in [5.74, 6) is 0.960. The fourth-order valence-corrected chi connectivity index (χ4v) is 4.86. The van der Waals surface area contributed by atoms with Crippen LogP contribution in [0.5, 0.6) is 5.75 Å². The van der Waals surface area contributed by atoms with Gasteiger partial charge in [0.1, 0.15) is 5.75 Å². The van der Waals surface area contributed by atoms with E-state index in [4.69, 9.17) is 4.74 Å². The Hall–Kier alpha value is -2.00. The Morgan fingerprint density at radius 1 is 0.846 bits per heavy atom. The van der Waals surface area contributed by atoms with Crippen molar-refractivity contribution in [2.45, 2.75) is 27.3 Å². The molecule has 0 N–H and O–H groups in total. The number of ether oxygens (including phenoxy) is 1. The molecule has 2 atom stereocenters. The van der Waals surface area contributed by atoms with Crippen LogP contribution in [0, 0.1) is 10.8 Å². The summed E-state index contributed by atoms with van der Waals surface area (Å²) in [6, 6.07) is 19.5. The monoisotopic (exact) mass is 350 g/mol. The van der Waals surface area contributed by atoms with E-state index in [1.54, 1.807) is 0 Å². The molecular formula is C23H30N2O. The van der Waals surface area contributed by atoms with Gasteiger partial charge in [0.05, 0.1) is 6.61 Å². The van der Waals surface area contributed by atoms with Crippen molar-refractivity contribution < 1.29 is 4.74 Å². The van der Waals surface area contributed by atoms with Gasteiger partial charge in [-0.15, -0.1) is 0 Å². The summed E-state index contributed by atoms with van der Waals surface area (Å²) in [6.45, 7) is 13.4. The molecule has 0 amide bonds. The quantitative estimate of drug-likeness (QED) is 0.793. The fourth-order valence-electron chi connectivity index (χ4n) is 4.86. The highest BCUT2D eigenvalue weighted by Gasteiger charge is 2.57. The molecule has 0 radical (unpaired) electrons. The summed E-state index contributed by atoms with van der Waals surface area (Å²) in [5.41, 5.74) is 3.41. The van der Waals surface area contributed by atoms with E-state index in [1.165, 1.54) is 24.3 Å². The molecule has 0 aromatic heterocycles.